The van der Waals surface area contributed by atoms with E-state index in [1.807, 2.05) is 19.3 Å². The van der Waals surface area contributed by atoms with Gasteiger partial charge in [0.15, 0.2) is 0 Å². The van der Waals surface area contributed by atoms with Gasteiger partial charge in [0.1, 0.15) is 0 Å². The summed E-state index contributed by atoms with van der Waals surface area (Å²) in [6.07, 6.45) is 5.44. The van der Waals surface area contributed by atoms with Crippen molar-refractivity contribution in [3.8, 4) is 0 Å². The number of carbonyl (C=O) groups is 1. The van der Waals surface area contributed by atoms with E-state index in [4.69, 9.17) is 5.11 Å². The van der Waals surface area contributed by atoms with E-state index in [0.29, 0.717) is 0 Å². The summed E-state index contributed by atoms with van der Waals surface area (Å²) in [5, 5.41) is 13.3. The van der Waals surface area contributed by atoms with Crippen molar-refractivity contribution >= 4 is 5.97 Å². The van der Waals surface area contributed by atoms with Crippen molar-refractivity contribution in [2.45, 2.75) is 38.3 Å². The fraction of sp³-hybridized carbons (Fsp3) is 0.667. The maximum Gasteiger partial charge on any atom is 0.304 e. The standard InChI is InChI=1S/C12H19N3O2/c1-14-7-5-10(13-14)9-15-6-3-2-4-11(15)8-12(16)17/h5,7,11H,2-4,6,8-9H2,1H3,(H,16,17). The molecule has 0 spiro atoms. The van der Waals surface area contributed by atoms with Crippen LogP contribution >= 0.6 is 0 Å². The summed E-state index contributed by atoms with van der Waals surface area (Å²) in [5.74, 6) is -0.706. The number of rotatable bonds is 4. The molecule has 0 amide bonds. The van der Waals surface area contributed by atoms with Crippen LogP contribution in [0.5, 0.6) is 0 Å². The van der Waals surface area contributed by atoms with Gasteiger partial charge in [-0.2, -0.15) is 5.10 Å². The van der Waals surface area contributed by atoms with Gasteiger partial charge in [0.2, 0.25) is 0 Å². The number of carboxylic acid groups (broad SMARTS) is 1. The molecule has 1 aromatic heterocycles. The van der Waals surface area contributed by atoms with Gasteiger partial charge in [-0.1, -0.05) is 6.42 Å². The van der Waals surface area contributed by atoms with Crippen LogP contribution in [-0.2, 0) is 18.4 Å². The first-order chi connectivity index (χ1) is 8.15. The molecular formula is C12H19N3O2. The summed E-state index contributed by atoms with van der Waals surface area (Å²) in [6.45, 7) is 1.74. The summed E-state index contributed by atoms with van der Waals surface area (Å²) >= 11 is 0. The molecule has 17 heavy (non-hydrogen) atoms. The summed E-state index contributed by atoms with van der Waals surface area (Å²) in [6, 6.07) is 2.16. The summed E-state index contributed by atoms with van der Waals surface area (Å²) in [4.78, 5) is 13.1. The van der Waals surface area contributed by atoms with Crippen LogP contribution in [0.2, 0.25) is 0 Å². The van der Waals surface area contributed by atoms with E-state index >= 15 is 0 Å². The van der Waals surface area contributed by atoms with Crippen LogP contribution < -0.4 is 0 Å². The maximum absolute atomic E-state index is 10.8. The molecule has 1 atom stereocenters. The van der Waals surface area contributed by atoms with Gasteiger partial charge in [-0.15, -0.1) is 0 Å². The molecule has 1 aliphatic rings. The number of piperidine rings is 1. The van der Waals surface area contributed by atoms with Crippen LogP contribution in [0.3, 0.4) is 0 Å². The molecule has 5 nitrogen and oxygen atoms in total. The van der Waals surface area contributed by atoms with Gasteiger partial charge in [-0.05, 0) is 25.5 Å². The third-order valence-electron chi connectivity index (χ3n) is 3.29. The topological polar surface area (TPSA) is 58.4 Å². The van der Waals surface area contributed by atoms with Crippen molar-refractivity contribution in [2.24, 2.45) is 7.05 Å². The molecule has 2 rings (SSSR count). The average Bonchev–Trinajstić information content (AvgIpc) is 2.66. The monoisotopic (exact) mass is 237 g/mol. The molecule has 1 aromatic rings. The average molecular weight is 237 g/mol. The van der Waals surface area contributed by atoms with E-state index in [-0.39, 0.29) is 12.5 Å². The highest BCUT2D eigenvalue weighted by Crippen LogP contribution is 2.21. The van der Waals surface area contributed by atoms with Gasteiger partial charge in [0.25, 0.3) is 0 Å². The van der Waals surface area contributed by atoms with E-state index in [1.165, 1.54) is 0 Å². The number of nitrogens with zero attached hydrogens (tertiary/aromatic N) is 3. The molecule has 1 unspecified atom stereocenters. The maximum atomic E-state index is 10.8. The second kappa shape index (κ2) is 5.31. The molecule has 0 radical (unpaired) electrons. The highest BCUT2D eigenvalue weighted by Gasteiger charge is 2.24. The molecule has 0 saturated carbocycles. The fourth-order valence-corrected chi connectivity index (χ4v) is 2.46. The van der Waals surface area contributed by atoms with Gasteiger partial charge < -0.3 is 5.11 Å². The largest absolute Gasteiger partial charge is 0.481 e. The second-order valence-corrected chi connectivity index (χ2v) is 4.70. The normalized spacial score (nSPS) is 21.6. The molecule has 1 aliphatic heterocycles. The van der Waals surface area contributed by atoms with Crippen LogP contribution in [0.1, 0.15) is 31.4 Å². The predicted octanol–water partition coefficient (Wildman–Crippen LogP) is 1.25. The zero-order valence-electron chi connectivity index (χ0n) is 10.2. The van der Waals surface area contributed by atoms with E-state index in [9.17, 15) is 4.79 Å². The number of aliphatic carboxylic acids is 1. The second-order valence-electron chi connectivity index (χ2n) is 4.70. The van der Waals surface area contributed by atoms with E-state index in [1.54, 1.807) is 4.68 Å². The summed E-state index contributed by atoms with van der Waals surface area (Å²) in [7, 11) is 1.90. The molecule has 0 bridgehead atoms. The van der Waals surface area contributed by atoms with E-state index in [2.05, 4.69) is 10.00 Å². The van der Waals surface area contributed by atoms with E-state index in [0.717, 1.165) is 38.0 Å². The Bertz CT molecular complexity index is 389. The lowest BCUT2D eigenvalue weighted by molar-refractivity contribution is -0.138. The van der Waals surface area contributed by atoms with Crippen molar-refractivity contribution in [3.05, 3.63) is 18.0 Å². The number of hydrogen-bond donors (Lipinski definition) is 1. The quantitative estimate of drug-likeness (QED) is 0.856. The van der Waals surface area contributed by atoms with Crippen LogP contribution in [-0.4, -0.2) is 38.3 Å². The van der Waals surface area contributed by atoms with Crippen molar-refractivity contribution in [1.29, 1.82) is 0 Å². The molecule has 2 heterocycles. The van der Waals surface area contributed by atoms with Gasteiger partial charge in [-0.3, -0.25) is 14.4 Å². The number of likely N-dealkylation sites (tertiary alicyclic amines) is 1. The SMILES string of the molecule is Cn1ccc(CN2CCCCC2CC(=O)O)n1. The van der Waals surface area contributed by atoms with Crippen molar-refractivity contribution < 1.29 is 9.90 Å². The summed E-state index contributed by atoms with van der Waals surface area (Å²) < 4.78 is 1.78. The van der Waals surface area contributed by atoms with Crippen LogP contribution in [0.15, 0.2) is 12.3 Å². The Balaban J connectivity index is 1.98. The molecule has 0 aromatic carbocycles. The first-order valence-electron chi connectivity index (χ1n) is 6.09. The lowest BCUT2D eigenvalue weighted by Crippen LogP contribution is -2.40. The highest BCUT2D eigenvalue weighted by molar-refractivity contribution is 5.67. The molecule has 94 valence electrons. The van der Waals surface area contributed by atoms with Gasteiger partial charge in [-0.25, -0.2) is 0 Å². The van der Waals surface area contributed by atoms with Gasteiger partial charge in [0.05, 0.1) is 12.1 Å². The Labute approximate surface area is 101 Å². The van der Waals surface area contributed by atoms with Crippen molar-refractivity contribution in [1.82, 2.24) is 14.7 Å². The van der Waals surface area contributed by atoms with Gasteiger partial charge in [0, 0.05) is 25.8 Å². The number of aromatic nitrogens is 2. The molecular weight excluding hydrogens is 218 g/mol. The Hall–Kier alpha value is -1.36. The first-order valence-corrected chi connectivity index (χ1v) is 6.09. The minimum Gasteiger partial charge on any atom is -0.481 e. The van der Waals surface area contributed by atoms with E-state index < -0.39 is 5.97 Å². The molecule has 0 aliphatic carbocycles. The zero-order chi connectivity index (χ0) is 12.3. The third kappa shape index (κ3) is 3.30. The minimum atomic E-state index is -0.706. The summed E-state index contributed by atoms with van der Waals surface area (Å²) in [5.41, 5.74) is 1.02. The Kier molecular flexibility index (Phi) is 3.78. The lowest BCUT2D eigenvalue weighted by atomic mass is 9.99. The molecule has 1 N–H and O–H groups in total. The minimum absolute atomic E-state index is 0.170. The molecule has 1 fully saturated rings. The Morgan fingerprint density at radius 3 is 3.06 bits per heavy atom. The van der Waals surface area contributed by atoms with Crippen molar-refractivity contribution in [3.63, 3.8) is 0 Å². The van der Waals surface area contributed by atoms with Crippen LogP contribution in [0.4, 0.5) is 0 Å². The number of hydrogen-bond acceptors (Lipinski definition) is 3. The zero-order valence-corrected chi connectivity index (χ0v) is 10.2. The Morgan fingerprint density at radius 1 is 1.59 bits per heavy atom. The fourth-order valence-electron chi connectivity index (χ4n) is 2.46. The lowest BCUT2D eigenvalue weighted by Gasteiger charge is -2.34. The van der Waals surface area contributed by atoms with Gasteiger partial charge >= 0.3 is 5.97 Å². The predicted molar refractivity (Wildman–Crippen MR) is 63.5 cm³/mol. The smallest absolute Gasteiger partial charge is 0.304 e. The molecule has 1 saturated heterocycles. The molecule has 5 heteroatoms. The van der Waals surface area contributed by atoms with Crippen molar-refractivity contribution in [2.75, 3.05) is 6.54 Å². The first kappa shape index (κ1) is 12.1. The number of carboxylic acids is 1. The highest BCUT2D eigenvalue weighted by atomic mass is 16.4. The Morgan fingerprint density at radius 2 is 2.41 bits per heavy atom. The van der Waals surface area contributed by atoms with Crippen LogP contribution in [0, 0.1) is 0 Å². The number of aryl methyl sites for hydroxylation is 1. The van der Waals surface area contributed by atoms with Crippen LogP contribution in [0.25, 0.3) is 0 Å². The third-order valence-corrected chi connectivity index (χ3v) is 3.29.